The minimum absolute atomic E-state index is 0.151. The summed E-state index contributed by atoms with van der Waals surface area (Å²) in [6, 6.07) is 7.63. The highest BCUT2D eigenvalue weighted by molar-refractivity contribution is 7.99. The molecule has 10 nitrogen and oxygen atoms in total. The molecule has 0 radical (unpaired) electrons. The Morgan fingerprint density at radius 3 is 2.40 bits per heavy atom. The van der Waals surface area contributed by atoms with Crippen molar-refractivity contribution in [1.29, 1.82) is 0 Å². The van der Waals surface area contributed by atoms with Crippen LogP contribution >= 0.6 is 23.4 Å². The number of carbonyl (C=O) groups is 2. The number of carboxylic acids is 2. The summed E-state index contributed by atoms with van der Waals surface area (Å²) in [6.07, 6.45) is 0.894. The standard InChI is InChI=1S/C16H23ClN4O2S.C2H2O4/c1-23-11-2-9-21-15(13-3-5-14(17)6-4-13)19-20-16(21)24-12-8-18-7-10-22;3-1(4)2(5)6/h3-6,18,22H,2,7-12H2,1H3;(H,3,4)(H,5,6). The third-order valence-corrected chi connectivity index (χ3v) is 4.75. The first-order chi connectivity index (χ1) is 14.4. The summed E-state index contributed by atoms with van der Waals surface area (Å²) >= 11 is 7.62. The van der Waals surface area contributed by atoms with E-state index in [2.05, 4.69) is 20.1 Å². The van der Waals surface area contributed by atoms with E-state index in [-0.39, 0.29) is 6.61 Å². The first-order valence-electron chi connectivity index (χ1n) is 8.99. The number of aliphatic carboxylic acids is 2. The number of rotatable bonds is 11. The summed E-state index contributed by atoms with van der Waals surface area (Å²) < 4.78 is 7.28. The van der Waals surface area contributed by atoms with Gasteiger partial charge in [0.1, 0.15) is 0 Å². The van der Waals surface area contributed by atoms with E-state index in [0.717, 1.165) is 41.8 Å². The Kier molecular flexibility index (Phi) is 12.7. The number of hydrogen-bond donors (Lipinski definition) is 4. The molecule has 0 saturated heterocycles. The molecule has 2 rings (SSSR count). The van der Waals surface area contributed by atoms with Crippen LogP contribution in [0, 0.1) is 0 Å². The second-order valence-electron chi connectivity index (χ2n) is 5.74. The molecule has 2 aromatic rings. The topological polar surface area (TPSA) is 147 Å². The van der Waals surface area contributed by atoms with Gasteiger partial charge >= 0.3 is 11.9 Å². The molecule has 0 atom stereocenters. The van der Waals surface area contributed by atoms with Gasteiger partial charge in [-0.25, -0.2) is 9.59 Å². The van der Waals surface area contributed by atoms with Gasteiger partial charge in [0.15, 0.2) is 11.0 Å². The van der Waals surface area contributed by atoms with Crippen LogP contribution in [0.2, 0.25) is 5.02 Å². The van der Waals surface area contributed by atoms with Crippen molar-refractivity contribution in [2.75, 3.05) is 39.2 Å². The number of methoxy groups -OCH3 is 1. The number of ether oxygens (including phenoxy) is 1. The molecule has 0 aliphatic carbocycles. The van der Waals surface area contributed by atoms with Crippen molar-refractivity contribution < 1.29 is 29.6 Å². The summed E-state index contributed by atoms with van der Waals surface area (Å²) in [7, 11) is 1.70. The Morgan fingerprint density at radius 2 is 1.83 bits per heavy atom. The maximum Gasteiger partial charge on any atom is 0.414 e. The minimum Gasteiger partial charge on any atom is -0.473 e. The molecule has 0 unspecified atom stereocenters. The van der Waals surface area contributed by atoms with Gasteiger partial charge in [-0.2, -0.15) is 0 Å². The van der Waals surface area contributed by atoms with Crippen LogP contribution in [0.25, 0.3) is 11.4 Å². The number of halogens is 1. The van der Waals surface area contributed by atoms with Crippen LogP contribution in [0.1, 0.15) is 6.42 Å². The first kappa shape index (κ1) is 25.9. The number of aliphatic hydroxyl groups is 1. The van der Waals surface area contributed by atoms with Gasteiger partial charge < -0.3 is 29.9 Å². The number of thioether (sulfide) groups is 1. The molecule has 0 aliphatic rings. The largest absolute Gasteiger partial charge is 0.473 e. The number of carboxylic acid groups (broad SMARTS) is 2. The predicted molar refractivity (Wildman–Crippen MR) is 113 cm³/mol. The SMILES string of the molecule is COCCCn1c(SCCNCCO)nnc1-c1ccc(Cl)cc1.O=C(O)C(=O)O. The van der Waals surface area contributed by atoms with Gasteiger partial charge in [-0.1, -0.05) is 23.4 Å². The van der Waals surface area contributed by atoms with Gasteiger partial charge in [-0.3, -0.25) is 0 Å². The molecule has 0 bridgehead atoms. The molecule has 0 spiro atoms. The Hall–Kier alpha value is -2.18. The third-order valence-electron chi connectivity index (χ3n) is 3.53. The highest BCUT2D eigenvalue weighted by Gasteiger charge is 2.14. The molecular weight excluding hydrogens is 436 g/mol. The van der Waals surface area contributed by atoms with Crippen LogP contribution in [0.5, 0.6) is 0 Å². The molecule has 4 N–H and O–H groups in total. The van der Waals surface area contributed by atoms with Crippen molar-refractivity contribution in [3.05, 3.63) is 29.3 Å². The number of aromatic nitrogens is 3. The lowest BCUT2D eigenvalue weighted by Crippen LogP contribution is -2.21. The number of benzene rings is 1. The van der Waals surface area contributed by atoms with Crippen molar-refractivity contribution in [2.45, 2.75) is 18.1 Å². The molecule has 0 saturated carbocycles. The zero-order valence-electron chi connectivity index (χ0n) is 16.5. The molecule has 0 amide bonds. The van der Waals surface area contributed by atoms with Crippen LogP contribution in [0.15, 0.2) is 29.4 Å². The van der Waals surface area contributed by atoms with Gasteiger partial charge in [0.2, 0.25) is 0 Å². The highest BCUT2D eigenvalue weighted by Crippen LogP contribution is 2.25. The molecule has 166 valence electrons. The Balaban J connectivity index is 0.000000656. The van der Waals surface area contributed by atoms with E-state index in [9.17, 15) is 0 Å². The van der Waals surface area contributed by atoms with E-state index in [0.29, 0.717) is 18.2 Å². The zero-order valence-corrected chi connectivity index (χ0v) is 18.0. The molecule has 1 heterocycles. The van der Waals surface area contributed by atoms with E-state index in [1.165, 1.54) is 0 Å². The van der Waals surface area contributed by atoms with Crippen LogP contribution in [-0.4, -0.2) is 81.2 Å². The van der Waals surface area contributed by atoms with E-state index < -0.39 is 11.9 Å². The van der Waals surface area contributed by atoms with Gasteiger partial charge in [0.05, 0.1) is 6.61 Å². The van der Waals surface area contributed by atoms with Crippen LogP contribution in [0.3, 0.4) is 0 Å². The molecule has 1 aromatic heterocycles. The lowest BCUT2D eigenvalue weighted by Gasteiger charge is -2.10. The lowest BCUT2D eigenvalue weighted by molar-refractivity contribution is -0.159. The van der Waals surface area contributed by atoms with Crippen molar-refractivity contribution >= 4 is 35.3 Å². The van der Waals surface area contributed by atoms with E-state index in [1.807, 2.05) is 24.3 Å². The van der Waals surface area contributed by atoms with Crippen LogP contribution < -0.4 is 5.32 Å². The Morgan fingerprint density at radius 1 is 1.17 bits per heavy atom. The second kappa shape index (κ2) is 14.7. The summed E-state index contributed by atoms with van der Waals surface area (Å²) in [5, 5.41) is 37.0. The molecule has 0 fully saturated rings. The average molecular weight is 461 g/mol. The van der Waals surface area contributed by atoms with Gasteiger partial charge in [0, 0.05) is 49.7 Å². The van der Waals surface area contributed by atoms with Crippen molar-refractivity contribution in [1.82, 2.24) is 20.1 Å². The van der Waals surface area contributed by atoms with Crippen molar-refractivity contribution in [2.24, 2.45) is 0 Å². The third kappa shape index (κ3) is 9.55. The Bertz CT molecular complexity index is 775. The molecular formula is C18H25ClN4O6S. The summed E-state index contributed by atoms with van der Waals surface area (Å²) in [5.74, 6) is -1.94. The van der Waals surface area contributed by atoms with Crippen LogP contribution in [-0.2, 0) is 20.9 Å². The fourth-order valence-corrected chi connectivity index (χ4v) is 3.18. The predicted octanol–water partition coefficient (Wildman–Crippen LogP) is 1.46. The van der Waals surface area contributed by atoms with Crippen LogP contribution in [0.4, 0.5) is 0 Å². The van der Waals surface area contributed by atoms with Gasteiger partial charge in [-0.05, 0) is 30.7 Å². The van der Waals surface area contributed by atoms with Gasteiger partial charge in [0.25, 0.3) is 0 Å². The van der Waals surface area contributed by atoms with E-state index >= 15 is 0 Å². The fraction of sp³-hybridized carbons (Fsp3) is 0.444. The second-order valence-corrected chi connectivity index (χ2v) is 7.24. The van der Waals surface area contributed by atoms with E-state index in [1.54, 1.807) is 18.9 Å². The summed E-state index contributed by atoms with van der Waals surface area (Å²) in [6.45, 7) is 3.06. The Labute approximate surface area is 183 Å². The van der Waals surface area contributed by atoms with Crippen molar-refractivity contribution in [3.63, 3.8) is 0 Å². The maximum absolute atomic E-state index is 9.10. The normalized spacial score (nSPS) is 10.4. The maximum atomic E-state index is 9.10. The van der Waals surface area contributed by atoms with Crippen molar-refractivity contribution in [3.8, 4) is 11.4 Å². The smallest absolute Gasteiger partial charge is 0.414 e. The van der Waals surface area contributed by atoms with Gasteiger partial charge in [-0.15, -0.1) is 10.2 Å². The number of aliphatic hydroxyl groups excluding tert-OH is 1. The number of nitrogens with one attached hydrogen (secondary N) is 1. The molecule has 12 heteroatoms. The molecule has 1 aromatic carbocycles. The average Bonchev–Trinajstić information content (AvgIpc) is 3.12. The lowest BCUT2D eigenvalue weighted by atomic mass is 10.2. The first-order valence-corrected chi connectivity index (χ1v) is 10.4. The molecule has 0 aliphatic heterocycles. The zero-order chi connectivity index (χ0) is 22.4. The summed E-state index contributed by atoms with van der Waals surface area (Å²) in [4.78, 5) is 18.2. The summed E-state index contributed by atoms with van der Waals surface area (Å²) in [5.41, 5.74) is 0.995. The number of nitrogens with zero attached hydrogens (tertiary/aromatic N) is 3. The minimum atomic E-state index is -1.82. The van der Waals surface area contributed by atoms with E-state index in [4.69, 9.17) is 41.2 Å². The highest BCUT2D eigenvalue weighted by atomic mass is 35.5. The monoisotopic (exact) mass is 460 g/mol. The molecule has 30 heavy (non-hydrogen) atoms. The fourth-order valence-electron chi connectivity index (χ4n) is 2.20. The number of hydrogen-bond acceptors (Lipinski definition) is 8. The quantitative estimate of drug-likeness (QED) is 0.221.